The molecule has 0 bridgehead atoms. The fraction of sp³-hybridized carbons (Fsp3) is 0.733. The highest BCUT2D eigenvalue weighted by molar-refractivity contribution is 4.93. The first-order valence-electron chi connectivity index (χ1n) is 7.62. The van der Waals surface area contributed by atoms with Gasteiger partial charge in [0.15, 0.2) is 5.82 Å². The van der Waals surface area contributed by atoms with E-state index in [9.17, 15) is 5.11 Å². The van der Waals surface area contributed by atoms with Crippen molar-refractivity contribution in [2.75, 3.05) is 26.3 Å². The van der Waals surface area contributed by atoms with Crippen molar-refractivity contribution in [3.05, 3.63) is 24.4 Å². The van der Waals surface area contributed by atoms with Gasteiger partial charge in [-0.25, -0.2) is 0 Å². The average Bonchev–Trinajstić information content (AvgIpc) is 2.99. The zero-order chi connectivity index (χ0) is 14.9. The molecule has 0 saturated carbocycles. The molecular formula is C15H25N3O3. The average molecular weight is 295 g/mol. The van der Waals surface area contributed by atoms with Crippen molar-refractivity contribution in [1.82, 2.24) is 15.5 Å². The molecule has 0 saturated heterocycles. The molecule has 0 spiro atoms. The number of nitrogens with zero attached hydrogens (tertiary/aromatic N) is 2. The zero-order valence-corrected chi connectivity index (χ0v) is 12.6. The number of aromatic nitrogens is 2. The molecule has 0 amide bonds. The van der Waals surface area contributed by atoms with Crippen molar-refractivity contribution in [1.29, 1.82) is 0 Å². The SMILES string of the molecule is CC1CC=CCC1COCC(O)CNCCc1ncon1. The second-order valence-corrected chi connectivity index (χ2v) is 5.67. The van der Waals surface area contributed by atoms with Crippen LogP contribution in [0.1, 0.15) is 25.6 Å². The van der Waals surface area contributed by atoms with Crippen LogP contribution in [-0.4, -0.2) is 47.7 Å². The molecule has 6 nitrogen and oxygen atoms in total. The number of ether oxygens (including phenoxy) is 1. The van der Waals surface area contributed by atoms with Gasteiger partial charge in [0, 0.05) is 19.5 Å². The maximum Gasteiger partial charge on any atom is 0.213 e. The highest BCUT2D eigenvalue weighted by Gasteiger charge is 2.18. The van der Waals surface area contributed by atoms with Crippen LogP contribution in [0, 0.1) is 11.8 Å². The smallest absolute Gasteiger partial charge is 0.213 e. The molecule has 118 valence electrons. The minimum absolute atomic E-state index is 0.377. The van der Waals surface area contributed by atoms with E-state index >= 15 is 0 Å². The first-order chi connectivity index (χ1) is 10.3. The molecule has 1 aromatic rings. The van der Waals surface area contributed by atoms with E-state index in [4.69, 9.17) is 4.74 Å². The third-order valence-electron chi connectivity index (χ3n) is 3.87. The van der Waals surface area contributed by atoms with E-state index in [0.717, 1.165) is 19.4 Å². The van der Waals surface area contributed by atoms with Gasteiger partial charge in [-0.2, -0.15) is 4.98 Å². The molecule has 1 aromatic heterocycles. The fourth-order valence-electron chi connectivity index (χ4n) is 2.42. The first kappa shape index (κ1) is 16.1. The van der Waals surface area contributed by atoms with Crippen LogP contribution in [0.4, 0.5) is 0 Å². The van der Waals surface area contributed by atoms with Gasteiger partial charge in [0.05, 0.1) is 19.3 Å². The molecule has 3 atom stereocenters. The molecule has 1 aliphatic rings. The number of rotatable bonds is 9. The van der Waals surface area contributed by atoms with Crippen molar-refractivity contribution in [2.45, 2.75) is 32.3 Å². The predicted octanol–water partition coefficient (Wildman–Crippen LogP) is 1.18. The highest BCUT2D eigenvalue weighted by Crippen LogP contribution is 2.24. The summed E-state index contributed by atoms with van der Waals surface area (Å²) in [5.74, 6) is 1.92. The van der Waals surface area contributed by atoms with E-state index in [1.165, 1.54) is 6.39 Å². The third kappa shape index (κ3) is 5.95. The van der Waals surface area contributed by atoms with Gasteiger partial charge in [-0.05, 0) is 24.7 Å². The number of hydrogen-bond donors (Lipinski definition) is 2. The molecule has 0 radical (unpaired) electrons. The number of aliphatic hydroxyl groups excluding tert-OH is 1. The zero-order valence-electron chi connectivity index (χ0n) is 12.6. The Morgan fingerprint density at radius 3 is 3.10 bits per heavy atom. The Hall–Kier alpha value is -1.24. The van der Waals surface area contributed by atoms with E-state index in [-0.39, 0.29) is 0 Å². The molecule has 2 N–H and O–H groups in total. The van der Waals surface area contributed by atoms with Crippen molar-refractivity contribution in [3.63, 3.8) is 0 Å². The number of allylic oxidation sites excluding steroid dienone is 2. The Bertz CT molecular complexity index is 408. The van der Waals surface area contributed by atoms with E-state index < -0.39 is 6.10 Å². The Kier molecular flexibility index (Phi) is 6.85. The van der Waals surface area contributed by atoms with Crippen LogP contribution in [0.25, 0.3) is 0 Å². The summed E-state index contributed by atoms with van der Waals surface area (Å²) in [6.45, 7) is 4.58. The van der Waals surface area contributed by atoms with E-state index in [1.54, 1.807) is 0 Å². The van der Waals surface area contributed by atoms with Gasteiger partial charge in [0.2, 0.25) is 6.39 Å². The summed E-state index contributed by atoms with van der Waals surface area (Å²) < 4.78 is 10.3. The van der Waals surface area contributed by atoms with Gasteiger partial charge in [0.25, 0.3) is 0 Å². The molecule has 0 aromatic carbocycles. The predicted molar refractivity (Wildman–Crippen MR) is 78.7 cm³/mol. The van der Waals surface area contributed by atoms with E-state index in [0.29, 0.717) is 43.8 Å². The standard InChI is InChI=1S/C15H25N3O3/c1-12-4-2-3-5-13(12)9-20-10-14(19)8-16-7-6-15-17-11-21-18-15/h2-3,11-14,16,19H,4-10H2,1H3. The molecule has 0 aliphatic heterocycles. The highest BCUT2D eigenvalue weighted by atomic mass is 16.5. The monoisotopic (exact) mass is 295 g/mol. The number of nitrogens with one attached hydrogen (secondary N) is 1. The second kappa shape index (κ2) is 8.92. The van der Waals surface area contributed by atoms with Crippen molar-refractivity contribution >= 4 is 0 Å². The lowest BCUT2D eigenvalue weighted by atomic mass is 9.85. The first-order valence-corrected chi connectivity index (χ1v) is 7.62. The molecule has 1 aliphatic carbocycles. The summed E-state index contributed by atoms with van der Waals surface area (Å²) in [5.41, 5.74) is 0. The van der Waals surface area contributed by atoms with Crippen LogP contribution in [0.5, 0.6) is 0 Å². The van der Waals surface area contributed by atoms with Gasteiger partial charge in [0.1, 0.15) is 0 Å². The summed E-state index contributed by atoms with van der Waals surface area (Å²) in [5, 5.41) is 16.7. The van der Waals surface area contributed by atoms with Crippen LogP contribution in [0.2, 0.25) is 0 Å². The van der Waals surface area contributed by atoms with Crippen molar-refractivity contribution in [2.24, 2.45) is 11.8 Å². The van der Waals surface area contributed by atoms with Gasteiger partial charge in [-0.3, -0.25) is 0 Å². The quantitative estimate of drug-likeness (QED) is 0.526. The minimum atomic E-state index is -0.482. The molecule has 3 unspecified atom stereocenters. The maximum absolute atomic E-state index is 9.85. The Morgan fingerprint density at radius 2 is 2.33 bits per heavy atom. The Morgan fingerprint density at radius 1 is 1.48 bits per heavy atom. The summed E-state index contributed by atoms with van der Waals surface area (Å²) in [7, 11) is 0. The molecular weight excluding hydrogens is 270 g/mol. The van der Waals surface area contributed by atoms with Gasteiger partial charge < -0.3 is 19.7 Å². The Balaban J connectivity index is 1.49. The third-order valence-corrected chi connectivity index (χ3v) is 3.87. The molecule has 2 rings (SSSR count). The summed E-state index contributed by atoms with van der Waals surface area (Å²) in [6.07, 6.45) is 8.21. The van der Waals surface area contributed by atoms with Crippen LogP contribution < -0.4 is 5.32 Å². The fourth-order valence-corrected chi connectivity index (χ4v) is 2.42. The van der Waals surface area contributed by atoms with Crippen LogP contribution in [-0.2, 0) is 11.2 Å². The van der Waals surface area contributed by atoms with Gasteiger partial charge in [-0.1, -0.05) is 24.2 Å². The van der Waals surface area contributed by atoms with Crippen molar-refractivity contribution < 1.29 is 14.4 Å². The lowest BCUT2D eigenvalue weighted by Gasteiger charge is -2.25. The largest absolute Gasteiger partial charge is 0.389 e. The van der Waals surface area contributed by atoms with Crippen molar-refractivity contribution in [3.8, 4) is 0 Å². The van der Waals surface area contributed by atoms with Gasteiger partial charge in [-0.15, -0.1) is 0 Å². The Labute approximate surface area is 125 Å². The summed E-state index contributed by atoms with van der Waals surface area (Å²) >= 11 is 0. The maximum atomic E-state index is 9.85. The molecule has 6 heteroatoms. The lowest BCUT2D eigenvalue weighted by Crippen LogP contribution is -2.32. The normalized spacial score (nSPS) is 23.3. The molecule has 21 heavy (non-hydrogen) atoms. The molecule has 0 fully saturated rings. The number of hydrogen-bond acceptors (Lipinski definition) is 6. The summed E-state index contributed by atoms with van der Waals surface area (Å²) in [4.78, 5) is 3.93. The van der Waals surface area contributed by atoms with Crippen LogP contribution in [0.3, 0.4) is 0 Å². The number of aliphatic hydroxyl groups is 1. The van der Waals surface area contributed by atoms with Crippen LogP contribution >= 0.6 is 0 Å². The second-order valence-electron chi connectivity index (χ2n) is 5.67. The lowest BCUT2D eigenvalue weighted by molar-refractivity contribution is 0.0129. The summed E-state index contributed by atoms with van der Waals surface area (Å²) in [6, 6.07) is 0. The van der Waals surface area contributed by atoms with E-state index in [1.807, 2.05) is 0 Å². The van der Waals surface area contributed by atoms with Gasteiger partial charge >= 0.3 is 0 Å². The van der Waals surface area contributed by atoms with E-state index in [2.05, 4.69) is 39.1 Å². The topological polar surface area (TPSA) is 80.4 Å². The van der Waals surface area contributed by atoms with Crippen LogP contribution in [0.15, 0.2) is 23.1 Å². The molecule has 1 heterocycles. The minimum Gasteiger partial charge on any atom is -0.389 e.